The summed E-state index contributed by atoms with van der Waals surface area (Å²) in [7, 11) is -3.22. The molecule has 0 spiro atoms. The van der Waals surface area contributed by atoms with Gasteiger partial charge in [-0.1, -0.05) is 18.2 Å². The third kappa shape index (κ3) is 8.52. The number of benzene rings is 2. The average Bonchev–Trinajstić information content (AvgIpc) is 2.59. The molecule has 0 atom stereocenters. The van der Waals surface area contributed by atoms with Gasteiger partial charge >= 0.3 is 6.03 Å². The van der Waals surface area contributed by atoms with Crippen molar-refractivity contribution in [2.24, 2.45) is 0 Å². The number of hydrogen-bond donors (Lipinski definition) is 3. The topological polar surface area (TPSA) is 96.5 Å². The first-order chi connectivity index (χ1) is 12.8. The van der Waals surface area contributed by atoms with Crippen LogP contribution in [0.3, 0.4) is 0 Å². The van der Waals surface area contributed by atoms with Crippen LogP contribution >= 0.6 is 0 Å². The third-order valence-corrected chi connectivity index (χ3v) is 4.12. The van der Waals surface area contributed by atoms with E-state index in [2.05, 4.69) is 15.4 Å². The van der Waals surface area contributed by atoms with E-state index in [1.54, 1.807) is 36.4 Å². The molecule has 2 aromatic carbocycles. The minimum Gasteiger partial charge on any atom is -0.489 e. The highest BCUT2D eigenvalue weighted by Gasteiger charge is 2.04. The molecule has 0 bridgehead atoms. The molecular formula is C18H22FN3O4S. The van der Waals surface area contributed by atoms with Gasteiger partial charge in [-0.15, -0.1) is 0 Å². The minimum atomic E-state index is -3.22. The maximum Gasteiger partial charge on any atom is 0.319 e. The first-order valence-corrected chi connectivity index (χ1v) is 10.2. The van der Waals surface area contributed by atoms with E-state index in [-0.39, 0.29) is 19.0 Å². The van der Waals surface area contributed by atoms with Gasteiger partial charge in [0.15, 0.2) is 0 Å². The second-order valence-corrected chi connectivity index (χ2v) is 7.68. The van der Waals surface area contributed by atoms with Crippen LogP contribution in [0, 0.1) is 5.82 Å². The lowest BCUT2D eigenvalue weighted by Gasteiger charge is -2.10. The van der Waals surface area contributed by atoms with Crippen molar-refractivity contribution in [3.05, 3.63) is 59.9 Å². The zero-order chi connectivity index (χ0) is 19.7. The van der Waals surface area contributed by atoms with Crippen molar-refractivity contribution in [1.29, 1.82) is 0 Å². The van der Waals surface area contributed by atoms with Crippen LogP contribution in [-0.4, -0.2) is 33.8 Å². The predicted octanol–water partition coefficient (Wildman–Crippen LogP) is 2.47. The van der Waals surface area contributed by atoms with E-state index in [9.17, 15) is 17.6 Å². The summed E-state index contributed by atoms with van der Waals surface area (Å²) < 4.78 is 43.0. The van der Waals surface area contributed by atoms with Crippen molar-refractivity contribution in [3.8, 4) is 5.75 Å². The van der Waals surface area contributed by atoms with E-state index in [4.69, 9.17) is 4.74 Å². The highest BCUT2D eigenvalue weighted by Crippen LogP contribution is 2.18. The number of nitrogens with one attached hydrogen (secondary N) is 3. The zero-order valence-electron chi connectivity index (χ0n) is 14.9. The lowest BCUT2D eigenvalue weighted by atomic mass is 10.2. The monoisotopic (exact) mass is 395 g/mol. The number of anilines is 1. The molecule has 0 aliphatic heterocycles. The van der Waals surface area contributed by atoms with Gasteiger partial charge in [-0.05, 0) is 36.2 Å². The number of carbonyl (C=O) groups is 1. The molecule has 3 N–H and O–H groups in total. The summed E-state index contributed by atoms with van der Waals surface area (Å²) >= 11 is 0. The molecule has 0 heterocycles. The number of carbonyl (C=O) groups excluding carboxylic acids is 1. The number of rotatable bonds is 9. The smallest absolute Gasteiger partial charge is 0.319 e. The molecule has 0 saturated carbocycles. The van der Waals surface area contributed by atoms with Crippen molar-refractivity contribution < 1.29 is 22.3 Å². The van der Waals surface area contributed by atoms with Crippen molar-refractivity contribution >= 4 is 21.7 Å². The normalized spacial score (nSPS) is 11.0. The second kappa shape index (κ2) is 9.89. The van der Waals surface area contributed by atoms with Crippen molar-refractivity contribution in [3.63, 3.8) is 0 Å². The Morgan fingerprint density at radius 2 is 1.89 bits per heavy atom. The van der Waals surface area contributed by atoms with E-state index in [1.807, 2.05) is 0 Å². The Kier molecular flexibility index (Phi) is 7.56. The van der Waals surface area contributed by atoms with Crippen molar-refractivity contribution in [2.75, 3.05) is 24.7 Å². The Labute approximate surface area is 158 Å². The molecule has 146 valence electrons. The summed E-state index contributed by atoms with van der Waals surface area (Å²) in [4.78, 5) is 11.9. The van der Waals surface area contributed by atoms with E-state index >= 15 is 0 Å². The number of ether oxygens (including phenoxy) is 1. The van der Waals surface area contributed by atoms with E-state index < -0.39 is 16.1 Å². The standard InChI is InChI=1S/C18H22FN3O4S/c1-27(24,25)21-10-4-9-20-18(23)22-16-7-3-8-17(12-16)26-13-14-5-2-6-15(19)11-14/h2-3,5-8,11-12,21H,4,9-10,13H2,1H3,(H2,20,22,23). The van der Waals surface area contributed by atoms with Crippen LogP contribution in [-0.2, 0) is 16.6 Å². The molecule has 2 amide bonds. The molecule has 0 radical (unpaired) electrons. The van der Waals surface area contributed by atoms with E-state index in [0.29, 0.717) is 30.0 Å². The van der Waals surface area contributed by atoms with Gasteiger partial charge in [-0.25, -0.2) is 22.3 Å². The molecule has 0 saturated heterocycles. The zero-order valence-corrected chi connectivity index (χ0v) is 15.7. The minimum absolute atomic E-state index is 0.209. The maximum atomic E-state index is 13.2. The number of amides is 2. The van der Waals surface area contributed by atoms with Crippen LogP contribution in [0.2, 0.25) is 0 Å². The van der Waals surface area contributed by atoms with Crippen LogP contribution in [0.25, 0.3) is 0 Å². The Morgan fingerprint density at radius 3 is 2.63 bits per heavy atom. The molecule has 9 heteroatoms. The molecule has 0 unspecified atom stereocenters. The van der Waals surface area contributed by atoms with Crippen LogP contribution in [0.15, 0.2) is 48.5 Å². The van der Waals surface area contributed by atoms with Gasteiger partial charge in [-0.3, -0.25) is 0 Å². The lowest BCUT2D eigenvalue weighted by molar-refractivity contribution is 0.252. The average molecular weight is 395 g/mol. The Hall–Kier alpha value is -2.65. The van der Waals surface area contributed by atoms with Crippen molar-refractivity contribution in [1.82, 2.24) is 10.0 Å². The van der Waals surface area contributed by atoms with Crippen LogP contribution < -0.4 is 20.1 Å². The van der Waals surface area contributed by atoms with Gasteiger partial charge in [0.05, 0.1) is 6.26 Å². The van der Waals surface area contributed by atoms with Gasteiger partial charge in [-0.2, -0.15) is 0 Å². The summed E-state index contributed by atoms with van der Waals surface area (Å²) in [5.74, 6) is 0.212. The molecule has 0 fully saturated rings. The molecule has 2 rings (SSSR count). The van der Waals surface area contributed by atoms with Crippen LogP contribution in [0.1, 0.15) is 12.0 Å². The van der Waals surface area contributed by atoms with E-state index in [1.165, 1.54) is 12.1 Å². The Morgan fingerprint density at radius 1 is 1.11 bits per heavy atom. The maximum absolute atomic E-state index is 13.2. The molecular weight excluding hydrogens is 373 g/mol. The largest absolute Gasteiger partial charge is 0.489 e. The van der Waals surface area contributed by atoms with Crippen LogP contribution in [0.4, 0.5) is 14.9 Å². The molecule has 0 aromatic heterocycles. The highest BCUT2D eigenvalue weighted by atomic mass is 32.2. The SMILES string of the molecule is CS(=O)(=O)NCCCNC(=O)Nc1cccc(OCc2cccc(F)c2)c1. The number of halogens is 1. The van der Waals surface area contributed by atoms with Crippen LogP contribution in [0.5, 0.6) is 5.75 Å². The lowest BCUT2D eigenvalue weighted by Crippen LogP contribution is -2.32. The summed E-state index contributed by atoms with van der Waals surface area (Å²) in [6, 6.07) is 12.6. The molecule has 2 aromatic rings. The summed E-state index contributed by atoms with van der Waals surface area (Å²) in [5.41, 5.74) is 1.24. The Bertz CT molecular complexity index is 874. The van der Waals surface area contributed by atoms with E-state index in [0.717, 1.165) is 6.26 Å². The van der Waals surface area contributed by atoms with Gasteiger partial charge in [0.25, 0.3) is 0 Å². The molecule has 27 heavy (non-hydrogen) atoms. The number of urea groups is 1. The molecule has 0 aliphatic carbocycles. The predicted molar refractivity (Wildman–Crippen MR) is 102 cm³/mol. The quantitative estimate of drug-likeness (QED) is 0.568. The van der Waals surface area contributed by atoms with Gasteiger partial charge in [0, 0.05) is 24.8 Å². The van der Waals surface area contributed by atoms with Gasteiger partial charge < -0.3 is 15.4 Å². The highest BCUT2D eigenvalue weighted by molar-refractivity contribution is 7.88. The summed E-state index contributed by atoms with van der Waals surface area (Å²) in [5, 5.41) is 5.30. The first kappa shape index (κ1) is 20.7. The fourth-order valence-corrected chi connectivity index (χ4v) is 2.70. The summed E-state index contributed by atoms with van der Waals surface area (Å²) in [6.07, 6.45) is 1.55. The van der Waals surface area contributed by atoms with Gasteiger partial charge in [0.1, 0.15) is 18.2 Å². The van der Waals surface area contributed by atoms with Gasteiger partial charge in [0.2, 0.25) is 10.0 Å². The molecule has 0 aliphatic rings. The number of sulfonamides is 1. The first-order valence-electron chi connectivity index (χ1n) is 8.29. The molecule has 7 nitrogen and oxygen atoms in total. The summed E-state index contributed by atoms with van der Waals surface area (Å²) in [6.45, 7) is 0.785. The Balaban J connectivity index is 1.76. The fraction of sp³-hybridized carbons (Fsp3) is 0.278. The second-order valence-electron chi connectivity index (χ2n) is 5.85. The van der Waals surface area contributed by atoms with Crippen molar-refractivity contribution in [2.45, 2.75) is 13.0 Å². The third-order valence-electron chi connectivity index (χ3n) is 3.39. The number of hydrogen-bond acceptors (Lipinski definition) is 4. The fourth-order valence-electron chi connectivity index (χ4n) is 2.18.